The van der Waals surface area contributed by atoms with E-state index in [1.165, 1.54) is 11.3 Å². The van der Waals surface area contributed by atoms with E-state index in [1.54, 1.807) is 25.4 Å². The van der Waals surface area contributed by atoms with E-state index < -0.39 is 11.9 Å². The van der Waals surface area contributed by atoms with Crippen LogP contribution in [-0.4, -0.2) is 35.6 Å². The van der Waals surface area contributed by atoms with Gasteiger partial charge in [-0.1, -0.05) is 0 Å². The number of aromatic nitrogens is 2. The molecule has 0 saturated heterocycles. The number of esters is 1. The minimum absolute atomic E-state index is 0.295. The molecule has 0 radical (unpaired) electrons. The number of hydrogen-bond acceptors (Lipinski definition) is 6. The molecule has 7 nitrogen and oxygen atoms in total. The van der Waals surface area contributed by atoms with Crippen molar-refractivity contribution in [1.29, 1.82) is 0 Å². The van der Waals surface area contributed by atoms with Crippen molar-refractivity contribution in [2.45, 2.75) is 0 Å². The fourth-order valence-electron chi connectivity index (χ4n) is 2.05. The van der Waals surface area contributed by atoms with Crippen LogP contribution in [0.15, 0.2) is 48.0 Å². The van der Waals surface area contributed by atoms with Crippen LogP contribution in [0, 0.1) is 0 Å². The summed E-state index contributed by atoms with van der Waals surface area (Å²) in [5.41, 5.74) is 1.95. The second kappa shape index (κ2) is 7.63. The predicted octanol–water partition coefficient (Wildman–Crippen LogP) is 2.94. The van der Waals surface area contributed by atoms with E-state index in [0.717, 1.165) is 17.0 Å². The molecule has 2 aromatic heterocycles. The molecule has 2 N–H and O–H groups in total. The summed E-state index contributed by atoms with van der Waals surface area (Å²) in [6.07, 6.45) is 1.60. The zero-order valence-corrected chi connectivity index (χ0v) is 14.1. The number of hydrogen-bond donors (Lipinski definition) is 2. The molecule has 0 fully saturated rings. The largest absolute Gasteiger partial charge is 0.497 e. The molecule has 8 heteroatoms. The van der Waals surface area contributed by atoms with E-state index in [9.17, 15) is 9.59 Å². The van der Waals surface area contributed by atoms with Crippen molar-refractivity contribution in [2.24, 2.45) is 0 Å². The topological polar surface area (TPSA) is 93.3 Å². The minimum Gasteiger partial charge on any atom is -0.497 e. The van der Waals surface area contributed by atoms with Crippen LogP contribution in [0.1, 0.15) is 10.5 Å². The lowest BCUT2D eigenvalue weighted by molar-refractivity contribution is -0.119. The molecule has 0 unspecified atom stereocenters. The summed E-state index contributed by atoms with van der Waals surface area (Å²) in [4.78, 5) is 30.6. The van der Waals surface area contributed by atoms with Crippen LogP contribution in [0.5, 0.6) is 5.75 Å². The zero-order valence-electron chi connectivity index (χ0n) is 13.3. The van der Waals surface area contributed by atoms with E-state index in [1.807, 2.05) is 29.6 Å². The van der Waals surface area contributed by atoms with Crippen molar-refractivity contribution in [3.8, 4) is 17.0 Å². The van der Waals surface area contributed by atoms with E-state index in [4.69, 9.17) is 9.47 Å². The number of amides is 1. The number of H-pyrrole nitrogens is 1. The Kier molecular flexibility index (Phi) is 5.10. The van der Waals surface area contributed by atoms with Crippen LogP contribution in [0.25, 0.3) is 11.3 Å². The van der Waals surface area contributed by atoms with Gasteiger partial charge in [0.15, 0.2) is 11.7 Å². The van der Waals surface area contributed by atoms with Gasteiger partial charge in [-0.05, 0) is 36.4 Å². The van der Waals surface area contributed by atoms with Crippen LogP contribution in [0.4, 0.5) is 5.13 Å². The number of nitrogens with one attached hydrogen (secondary N) is 2. The Morgan fingerprint density at radius 1 is 1.24 bits per heavy atom. The second-order valence-corrected chi connectivity index (χ2v) is 5.83. The summed E-state index contributed by atoms with van der Waals surface area (Å²) in [6.45, 7) is -0.380. The quantitative estimate of drug-likeness (QED) is 0.662. The second-order valence-electron chi connectivity index (χ2n) is 4.97. The lowest BCUT2D eigenvalue weighted by Crippen LogP contribution is -2.20. The van der Waals surface area contributed by atoms with Crippen LogP contribution < -0.4 is 10.1 Å². The van der Waals surface area contributed by atoms with Gasteiger partial charge in [-0.2, -0.15) is 0 Å². The molecule has 1 amide bonds. The number of benzene rings is 1. The molecule has 3 aromatic rings. The van der Waals surface area contributed by atoms with Gasteiger partial charge in [0.1, 0.15) is 11.4 Å². The Labute approximate surface area is 147 Å². The fourth-order valence-corrected chi connectivity index (χ4v) is 2.78. The molecule has 1 aromatic carbocycles. The van der Waals surface area contributed by atoms with E-state index in [2.05, 4.69) is 15.3 Å². The number of ether oxygens (including phenoxy) is 2. The van der Waals surface area contributed by atoms with E-state index in [-0.39, 0.29) is 6.61 Å². The summed E-state index contributed by atoms with van der Waals surface area (Å²) in [7, 11) is 1.61. The van der Waals surface area contributed by atoms with Gasteiger partial charge in [-0.3, -0.25) is 10.1 Å². The molecule has 0 saturated carbocycles. The normalized spacial score (nSPS) is 10.3. The molecule has 0 aliphatic rings. The number of anilines is 1. The van der Waals surface area contributed by atoms with Crippen LogP contribution >= 0.6 is 11.3 Å². The summed E-state index contributed by atoms with van der Waals surface area (Å²) in [5, 5.41) is 4.88. The number of thiazole rings is 1. The summed E-state index contributed by atoms with van der Waals surface area (Å²) < 4.78 is 10.0. The van der Waals surface area contributed by atoms with Crippen molar-refractivity contribution in [3.05, 3.63) is 53.7 Å². The molecule has 128 valence electrons. The first-order chi connectivity index (χ1) is 12.2. The maximum atomic E-state index is 11.9. The van der Waals surface area contributed by atoms with Gasteiger partial charge >= 0.3 is 5.97 Å². The Morgan fingerprint density at radius 3 is 2.72 bits per heavy atom. The maximum absolute atomic E-state index is 11.9. The maximum Gasteiger partial charge on any atom is 0.355 e. The SMILES string of the molecule is COc1ccc(-c2csc(NC(=O)COC(=O)c3ccc[nH]3)n2)cc1. The van der Waals surface area contributed by atoms with Gasteiger partial charge in [0, 0.05) is 17.1 Å². The van der Waals surface area contributed by atoms with Gasteiger partial charge in [0.2, 0.25) is 0 Å². The lowest BCUT2D eigenvalue weighted by atomic mass is 10.2. The number of nitrogens with zero attached hydrogens (tertiary/aromatic N) is 1. The van der Waals surface area contributed by atoms with Gasteiger partial charge in [0.05, 0.1) is 12.8 Å². The van der Waals surface area contributed by atoms with Crippen LogP contribution in [0.3, 0.4) is 0 Å². The smallest absolute Gasteiger partial charge is 0.355 e. The van der Waals surface area contributed by atoms with E-state index >= 15 is 0 Å². The highest BCUT2D eigenvalue weighted by atomic mass is 32.1. The monoisotopic (exact) mass is 357 g/mol. The number of rotatable bonds is 6. The van der Waals surface area contributed by atoms with Gasteiger partial charge in [0.25, 0.3) is 5.91 Å². The molecular formula is C17H15N3O4S. The third-order valence-corrected chi connectivity index (χ3v) is 4.05. The van der Waals surface area contributed by atoms with Crippen LogP contribution in [-0.2, 0) is 9.53 Å². The first-order valence-corrected chi connectivity index (χ1v) is 8.24. The molecule has 3 rings (SSSR count). The molecule has 0 atom stereocenters. The summed E-state index contributed by atoms with van der Waals surface area (Å²) in [6, 6.07) is 10.7. The fraction of sp³-hybridized carbons (Fsp3) is 0.118. The zero-order chi connectivity index (χ0) is 17.6. The third kappa shape index (κ3) is 4.24. The molecule has 0 aliphatic carbocycles. The average Bonchev–Trinajstić information content (AvgIpc) is 3.32. The van der Waals surface area contributed by atoms with Crippen molar-refractivity contribution in [3.63, 3.8) is 0 Å². The van der Waals surface area contributed by atoms with Crippen molar-refractivity contribution in [2.75, 3.05) is 19.0 Å². The van der Waals surface area contributed by atoms with Crippen LogP contribution in [0.2, 0.25) is 0 Å². The molecule has 0 spiro atoms. The third-order valence-electron chi connectivity index (χ3n) is 3.29. The standard InChI is InChI=1S/C17H15N3O4S/c1-23-12-6-4-11(5-7-12)14-10-25-17(19-14)20-15(21)9-24-16(22)13-3-2-8-18-13/h2-8,10,18H,9H2,1H3,(H,19,20,21). The molecule has 0 aliphatic heterocycles. The van der Waals surface area contributed by atoms with Gasteiger partial charge < -0.3 is 14.5 Å². The van der Waals surface area contributed by atoms with E-state index in [0.29, 0.717) is 10.8 Å². The minimum atomic E-state index is -0.585. The Balaban J connectivity index is 1.55. The molecule has 2 heterocycles. The summed E-state index contributed by atoms with van der Waals surface area (Å²) >= 11 is 1.29. The first kappa shape index (κ1) is 16.7. The number of carbonyl (C=O) groups excluding carboxylic acids is 2. The van der Waals surface area contributed by atoms with Crippen molar-refractivity contribution >= 4 is 28.3 Å². The number of aromatic amines is 1. The lowest BCUT2D eigenvalue weighted by Gasteiger charge is -2.03. The Bertz CT molecular complexity index is 856. The van der Waals surface area contributed by atoms with Gasteiger partial charge in [-0.15, -0.1) is 11.3 Å². The highest BCUT2D eigenvalue weighted by Gasteiger charge is 2.12. The van der Waals surface area contributed by atoms with Crippen molar-refractivity contribution < 1.29 is 19.1 Å². The number of methoxy groups -OCH3 is 1. The highest BCUT2D eigenvalue weighted by Crippen LogP contribution is 2.26. The molecular weight excluding hydrogens is 342 g/mol. The highest BCUT2D eigenvalue weighted by molar-refractivity contribution is 7.14. The molecule has 0 bridgehead atoms. The average molecular weight is 357 g/mol. The Morgan fingerprint density at radius 2 is 2.04 bits per heavy atom. The molecule has 25 heavy (non-hydrogen) atoms. The number of carbonyl (C=O) groups is 2. The van der Waals surface area contributed by atoms with Gasteiger partial charge in [-0.25, -0.2) is 9.78 Å². The Hall–Kier alpha value is -3.13. The summed E-state index contributed by atoms with van der Waals surface area (Å²) in [5.74, 6) is -0.273. The predicted molar refractivity (Wildman–Crippen MR) is 93.8 cm³/mol. The first-order valence-electron chi connectivity index (χ1n) is 7.36. The van der Waals surface area contributed by atoms with Crippen molar-refractivity contribution in [1.82, 2.24) is 9.97 Å².